The van der Waals surface area contributed by atoms with E-state index in [0.29, 0.717) is 11.6 Å². The fourth-order valence-corrected chi connectivity index (χ4v) is 4.33. The molecule has 0 aliphatic rings. The maximum atomic E-state index is 12.7. The molecule has 0 fully saturated rings. The Balaban J connectivity index is 1.87. The third kappa shape index (κ3) is 3.75. The lowest BCUT2D eigenvalue weighted by molar-refractivity contribution is -0.274. The highest BCUT2D eigenvalue weighted by Gasteiger charge is 2.31. The second kappa shape index (κ2) is 7.18. The van der Waals surface area contributed by atoms with E-state index in [2.05, 4.69) is 9.30 Å². The van der Waals surface area contributed by atoms with Crippen molar-refractivity contribution in [3.8, 4) is 16.2 Å². The molecular formula is C21H15ClF3NOS. The zero-order chi connectivity index (χ0) is 19.9. The lowest BCUT2D eigenvalue weighted by atomic mass is 10.1. The first-order valence-electron chi connectivity index (χ1n) is 8.49. The lowest BCUT2D eigenvalue weighted by Gasteiger charge is -2.10. The highest BCUT2D eigenvalue weighted by Crippen LogP contribution is 2.39. The van der Waals surface area contributed by atoms with Crippen LogP contribution in [0.25, 0.3) is 21.3 Å². The molecule has 0 unspecified atom stereocenters. The van der Waals surface area contributed by atoms with Crippen LogP contribution in [-0.2, 0) is 6.54 Å². The molecule has 0 saturated heterocycles. The Morgan fingerprint density at radius 2 is 1.82 bits per heavy atom. The monoisotopic (exact) mass is 421 g/mol. The molecule has 4 rings (SSSR count). The van der Waals surface area contributed by atoms with E-state index in [0.717, 1.165) is 32.6 Å². The zero-order valence-corrected chi connectivity index (χ0v) is 16.3. The molecule has 0 aliphatic carbocycles. The first kappa shape index (κ1) is 18.9. The second-order valence-corrected chi connectivity index (χ2v) is 7.76. The number of benzene rings is 2. The van der Waals surface area contributed by atoms with Crippen molar-refractivity contribution in [2.24, 2.45) is 0 Å². The molecule has 7 heteroatoms. The van der Waals surface area contributed by atoms with Crippen LogP contribution in [0.2, 0.25) is 5.02 Å². The van der Waals surface area contributed by atoms with Gasteiger partial charge < -0.3 is 9.30 Å². The minimum Gasteiger partial charge on any atom is -0.406 e. The predicted octanol–water partition coefficient (Wildman–Crippen LogP) is 7.28. The SMILES string of the molecule is Cc1c(-c2cccs2)c2cc(OC(F)(F)F)ccc2n1Cc1ccc(Cl)cc1. The molecule has 0 radical (unpaired) electrons. The molecule has 0 spiro atoms. The van der Waals surface area contributed by atoms with Gasteiger partial charge in [0.15, 0.2) is 0 Å². The van der Waals surface area contributed by atoms with Gasteiger partial charge in [-0.2, -0.15) is 0 Å². The molecule has 4 aromatic rings. The number of ether oxygens (including phenoxy) is 1. The highest BCUT2D eigenvalue weighted by molar-refractivity contribution is 7.13. The van der Waals surface area contributed by atoms with E-state index >= 15 is 0 Å². The van der Waals surface area contributed by atoms with Crippen molar-refractivity contribution in [1.29, 1.82) is 0 Å². The first-order valence-corrected chi connectivity index (χ1v) is 9.74. The van der Waals surface area contributed by atoms with Crippen LogP contribution in [0, 0.1) is 6.92 Å². The number of thiophene rings is 1. The maximum absolute atomic E-state index is 12.7. The molecule has 0 saturated carbocycles. The fraction of sp³-hybridized carbons (Fsp3) is 0.143. The Hall–Kier alpha value is -2.44. The fourth-order valence-electron chi connectivity index (χ4n) is 3.37. The van der Waals surface area contributed by atoms with Crippen molar-refractivity contribution in [2.45, 2.75) is 19.8 Å². The lowest BCUT2D eigenvalue weighted by Crippen LogP contribution is -2.17. The van der Waals surface area contributed by atoms with E-state index in [4.69, 9.17) is 11.6 Å². The molecule has 2 heterocycles. The van der Waals surface area contributed by atoms with Crippen LogP contribution < -0.4 is 4.74 Å². The van der Waals surface area contributed by atoms with Gasteiger partial charge >= 0.3 is 6.36 Å². The molecule has 0 amide bonds. The van der Waals surface area contributed by atoms with Gasteiger partial charge in [-0.25, -0.2) is 0 Å². The van der Waals surface area contributed by atoms with E-state index in [1.54, 1.807) is 17.4 Å². The predicted molar refractivity (Wildman–Crippen MR) is 107 cm³/mol. The molecular weight excluding hydrogens is 407 g/mol. The summed E-state index contributed by atoms with van der Waals surface area (Å²) in [6, 6.07) is 15.9. The quantitative estimate of drug-likeness (QED) is 0.337. The van der Waals surface area contributed by atoms with Gasteiger partial charge in [-0.3, -0.25) is 0 Å². The molecule has 2 aromatic carbocycles. The van der Waals surface area contributed by atoms with Crippen LogP contribution in [0.5, 0.6) is 5.75 Å². The second-order valence-electron chi connectivity index (χ2n) is 6.38. The van der Waals surface area contributed by atoms with E-state index in [1.165, 1.54) is 12.1 Å². The van der Waals surface area contributed by atoms with Crippen LogP contribution >= 0.6 is 22.9 Å². The van der Waals surface area contributed by atoms with Gasteiger partial charge in [0.05, 0.1) is 0 Å². The number of nitrogens with zero attached hydrogens (tertiary/aromatic N) is 1. The Morgan fingerprint density at radius 3 is 2.46 bits per heavy atom. The average Bonchev–Trinajstić information content (AvgIpc) is 3.22. The summed E-state index contributed by atoms with van der Waals surface area (Å²) in [6.45, 7) is 2.57. The van der Waals surface area contributed by atoms with Crippen molar-refractivity contribution in [2.75, 3.05) is 0 Å². The molecule has 0 bridgehead atoms. The minimum absolute atomic E-state index is 0.221. The highest BCUT2D eigenvalue weighted by atomic mass is 35.5. The summed E-state index contributed by atoms with van der Waals surface area (Å²) >= 11 is 7.52. The minimum atomic E-state index is -4.72. The van der Waals surface area contributed by atoms with Gasteiger partial charge in [-0.1, -0.05) is 29.8 Å². The number of fused-ring (bicyclic) bond motifs is 1. The molecule has 2 aromatic heterocycles. The molecule has 2 nitrogen and oxygen atoms in total. The average molecular weight is 422 g/mol. The van der Waals surface area contributed by atoms with Gasteiger partial charge in [-0.05, 0) is 54.3 Å². The summed E-state index contributed by atoms with van der Waals surface area (Å²) < 4.78 is 44.3. The van der Waals surface area contributed by atoms with Crippen molar-refractivity contribution in [3.63, 3.8) is 0 Å². The number of aromatic nitrogens is 1. The Morgan fingerprint density at radius 1 is 1.07 bits per heavy atom. The van der Waals surface area contributed by atoms with Crippen molar-refractivity contribution < 1.29 is 17.9 Å². The van der Waals surface area contributed by atoms with E-state index in [1.807, 2.05) is 48.7 Å². The normalized spacial score (nSPS) is 11.9. The third-order valence-electron chi connectivity index (χ3n) is 4.55. The summed E-state index contributed by atoms with van der Waals surface area (Å²) in [6.07, 6.45) is -4.72. The van der Waals surface area contributed by atoms with Crippen molar-refractivity contribution in [1.82, 2.24) is 4.57 Å². The number of hydrogen-bond donors (Lipinski definition) is 0. The van der Waals surface area contributed by atoms with Crippen molar-refractivity contribution in [3.05, 3.63) is 76.3 Å². The number of rotatable bonds is 4. The van der Waals surface area contributed by atoms with Gasteiger partial charge in [-0.15, -0.1) is 24.5 Å². The molecule has 0 atom stereocenters. The van der Waals surface area contributed by atoms with Crippen LogP contribution in [0.3, 0.4) is 0 Å². The smallest absolute Gasteiger partial charge is 0.406 e. The van der Waals surface area contributed by atoms with E-state index in [9.17, 15) is 13.2 Å². The van der Waals surface area contributed by atoms with Gasteiger partial charge in [0.25, 0.3) is 0 Å². The van der Waals surface area contributed by atoms with E-state index < -0.39 is 6.36 Å². The largest absolute Gasteiger partial charge is 0.573 e. The summed E-state index contributed by atoms with van der Waals surface area (Å²) in [5.41, 5.74) is 3.81. The van der Waals surface area contributed by atoms with Crippen LogP contribution in [-0.4, -0.2) is 10.9 Å². The van der Waals surface area contributed by atoms with Crippen LogP contribution in [0.4, 0.5) is 13.2 Å². The summed E-state index contributed by atoms with van der Waals surface area (Å²) in [5, 5.41) is 3.34. The Bertz CT molecular complexity index is 1120. The maximum Gasteiger partial charge on any atom is 0.573 e. The van der Waals surface area contributed by atoms with Gasteiger partial charge in [0.1, 0.15) is 5.75 Å². The summed E-state index contributed by atoms with van der Waals surface area (Å²) in [4.78, 5) is 1.00. The number of hydrogen-bond acceptors (Lipinski definition) is 2. The van der Waals surface area contributed by atoms with Gasteiger partial charge in [0.2, 0.25) is 0 Å². The Kier molecular flexibility index (Phi) is 4.85. The molecule has 144 valence electrons. The number of alkyl halides is 3. The van der Waals surface area contributed by atoms with Crippen LogP contribution in [0.1, 0.15) is 11.3 Å². The number of halogens is 4. The standard InChI is InChI=1S/C21H15ClF3NOS/c1-13-20(19-3-2-10-28-19)17-11-16(27-21(23,24)25)8-9-18(17)26(13)12-14-4-6-15(22)7-5-14/h2-11H,12H2,1H3. The molecule has 28 heavy (non-hydrogen) atoms. The van der Waals surface area contributed by atoms with Gasteiger partial charge in [0, 0.05) is 38.6 Å². The molecule has 0 N–H and O–H groups in total. The first-order chi connectivity index (χ1) is 13.3. The zero-order valence-electron chi connectivity index (χ0n) is 14.8. The molecule has 0 aliphatic heterocycles. The third-order valence-corrected chi connectivity index (χ3v) is 5.69. The Labute approximate surface area is 168 Å². The van der Waals surface area contributed by atoms with Crippen molar-refractivity contribution >= 4 is 33.8 Å². The van der Waals surface area contributed by atoms with Crippen LogP contribution in [0.15, 0.2) is 60.0 Å². The summed E-state index contributed by atoms with van der Waals surface area (Å²) in [5.74, 6) is -0.221. The topological polar surface area (TPSA) is 14.2 Å². The summed E-state index contributed by atoms with van der Waals surface area (Å²) in [7, 11) is 0. The van der Waals surface area contributed by atoms with E-state index in [-0.39, 0.29) is 5.75 Å².